The minimum Gasteiger partial charge on any atom is -0.497 e. The van der Waals surface area contributed by atoms with E-state index in [0.29, 0.717) is 17.5 Å². The smallest absolute Gasteiger partial charge is 0.156 e. The van der Waals surface area contributed by atoms with Gasteiger partial charge in [-0.1, -0.05) is 36.4 Å². The van der Waals surface area contributed by atoms with Gasteiger partial charge in [-0.05, 0) is 23.3 Å². The summed E-state index contributed by atoms with van der Waals surface area (Å²) in [5, 5.41) is 6.66. The van der Waals surface area contributed by atoms with Crippen LogP contribution < -0.4 is 10.5 Å². The molecule has 5 nitrogen and oxygen atoms in total. The number of carbonyl (C=O) groups is 1. The van der Waals surface area contributed by atoms with Crippen molar-refractivity contribution in [1.29, 1.82) is 0 Å². The third-order valence-corrected chi connectivity index (χ3v) is 3.55. The summed E-state index contributed by atoms with van der Waals surface area (Å²) in [6, 6.07) is 15.7. The molecule has 0 atom stereocenters. The number of H-pyrrole nitrogens is 1. The van der Waals surface area contributed by atoms with Crippen LogP contribution >= 0.6 is 0 Å². The SMILES string of the molecule is COc1ccc(-c2ccc(-c3[nH]nc(N)c3C=O)cc2)cc1. The maximum absolute atomic E-state index is 11.1. The van der Waals surface area contributed by atoms with Crippen molar-refractivity contribution in [1.82, 2.24) is 10.2 Å². The van der Waals surface area contributed by atoms with E-state index in [0.717, 1.165) is 22.4 Å². The molecule has 0 saturated carbocycles. The van der Waals surface area contributed by atoms with Gasteiger partial charge < -0.3 is 10.5 Å². The van der Waals surface area contributed by atoms with E-state index in [-0.39, 0.29) is 5.82 Å². The van der Waals surface area contributed by atoms with Gasteiger partial charge in [-0.15, -0.1) is 0 Å². The molecule has 3 rings (SSSR count). The van der Waals surface area contributed by atoms with Gasteiger partial charge in [-0.25, -0.2) is 0 Å². The molecule has 0 aliphatic rings. The van der Waals surface area contributed by atoms with Crippen molar-refractivity contribution in [3.63, 3.8) is 0 Å². The third-order valence-electron chi connectivity index (χ3n) is 3.55. The Kier molecular flexibility index (Phi) is 3.62. The summed E-state index contributed by atoms with van der Waals surface area (Å²) in [6.45, 7) is 0. The second-order valence-electron chi connectivity index (χ2n) is 4.82. The second kappa shape index (κ2) is 5.73. The Bertz CT molecular complexity index is 790. The molecule has 0 radical (unpaired) electrons. The van der Waals surface area contributed by atoms with E-state index >= 15 is 0 Å². The molecule has 0 aliphatic heterocycles. The first-order chi connectivity index (χ1) is 10.7. The number of methoxy groups -OCH3 is 1. The van der Waals surface area contributed by atoms with Crippen LogP contribution in [0.2, 0.25) is 0 Å². The minimum absolute atomic E-state index is 0.212. The highest BCUT2D eigenvalue weighted by atomic mass is 16.5. The normalized spacial score (nSPS) is 10.4. The molecule has 0 unspecified atom stereocenters. The van der Waals surface area contributed by atoms with Gasteiger partial charge in [-0.3, -0.25) is 9.89 Å². The number of ether oxygens (including phenoxy) is 1. The summed E-state index contributed by atoms with van der Waals surface area (Å²) in [5.41, 5.74) is 9.70. The summed E-state index contributed by atoms with van der Waals surface area (Å²) in [5.74, 6) is 1.04. The molecule has 0 saturated heterocycles. The molecule has 22 heavy (non-hydrogen) atoms. The van der Waals surface area contributed by atoms with Gasteiger partial charge in [0.1, 0.15) is 5.75 Å². The van der Waals surface area contributed by atoms with Crippen LogP contribution in [0, 0.1) is 0 Å². The van der Waals surface area contributed by atoms with Gasteiger partial charge in [-0.2, -0.15) is 5.10 Å². The first-order valence-corrected chi connectivity index (χ1v) is 6.77. The standard InChI is InChI=1S/C17H15N3O2/c1-22-14-8-6-12(7-9-14)11-2-4-13(5-3-11)16-15(10-21)17(18)20-19-16/h2-10H,1H3,(H3,18,19,20). The maximum Gasteiger partial charge on any atom is 0.156 e. The Balaban J connectivity index is 1.93. The molecule has 3 N–H and O–H groups in total. The molecule has 3 aromatic rings. The van der Waals surface area contributed by atoms with E-state index in [9.17, 15) is 4.79 Å². The number of benzene rings is 2. The average molecular weight is 293 g/mol. The van der Waals surface area contributed by atoms with E-state index in [1.807, 2.05) is 48.5 Å². The largest absolute Gasteiger partial charge is 0.497 e. The number of hydrogen-bond acceptors (Lipinski definition) is 4. The summed E-state index contributed by atoms with van der Waals surface area (Å²) in [7, 11) is 1.64. The Morgan fingerprint density at radius 2 is 1.55 bits per heavy atom. The Labute approximate surface area is 127 Å². The summed E-state index contributed by atoms with van der Waals surface area (Å²) in [4.78, 5) is 11.1. The molecule has 0 fully saturated rings. The molecular formula is C17H15N3O2. The van der Waals surface area contributed by atoms with Crippen molar-refractivity contribution >= 4 is 12.1 Å². The van der Waals surface area contributed by atoms with Crippen LogP contribution in [0.5, 0.6) is 5.75 Å². The molecule has 0 aliphatic carbocycles. The van der Waals surface area contributed by atoms with Crippen molar-refractivity contribution in [2.24, 2.45) is 0 Å². The molecule has 5 heteroatoms. The number of nitrogens with two attached hydrogens (primary N) is 1. The molecule has 110 valence electrons. The number of nitrogen functional groups attached to an aromatic ring is 1. The fourth-order valence-electron chi connectivity index (χ4n) is 2.32. The summed E-state index contributed by atoms with van der Waals surface area (Å²) >= 11 is 0. The number of nitrogens with one attached hydrogen (secondary N) is 1. The molecule has 0 amide bonds. The van der Waals surface area contributed by atoms with Crippen molar-refractivity contribution in [3.05, 3.63) is 54.1 Å². The summed E-state index contributed by atoms with van der Waals surface area (Å²) in [6.07, 6.45) is 0.714. The van der Waals surface area contributed by atoms with Crippen molar-refractivity contribution in [3.8, 4) is 28.1 Å². The summed E-state index contributed by atoms with van der Waals surface area (Å²) < 4.78 is 5.15. The molecule has 2 aromatic carbocycles. The van der Waals surface area contributed by atoms with Crippen LogP contribution in [0.3, 0.4) is 0 Å². The predicted octanol–water partition coefficient (Wildman–Crippen LogP) is 3.15. The predicted molar refractivity (Wildman–Crippen MR) is 85.8 cm³/mol. The molecule has 0 bridgehead atoms. The fraction of sp³-hybridized carbons (Fsp3) is 0.0588. The Hall–Kier alpha value is -3.08. The van der Waals surface area contributed by atoms with Gasteiger partial charge in [0.25, 0.3) is 0 Å². The number of rotatable bonds is 4. The van der Waals surface area contributed by atoms with Crippen LogP contribution in [-0.2, 0) is 0 Å². The van der Waals surface area contributed by atoms with Crippen LogP contribution in [0.25, 0.3) is 22.4 Å². The van der Waals surface area contributed by atoms with Crippen LogP contribution in [0.4, 0.5) is 5.82 Å². The number of aromatic amines is 1. The van der Waals surface area contributed by atoms with Gasteiger partial charge in [0.15, 0.2) is 12.1 Å². The number of nitrogens with zero attached hydrogens (tertiary/aromatic N) is 1. The zero-order chi connectivity index (χ0) is 15.5. The topological polar surface area (TPSA) is 81.0 Å². The van der Waals surface area contributed by atoms with Crippen LogP contribution in [0.1, 0.15) is 10.4 Å². The zero-order valence-electron chi connectivity index (χ0n) is 12.0. The van der Waals surface area contributed by atoms with Crippen molar-refractivity contribution < 1.29 is 9.53 Å². The molecule has 1 aromatic heterocycles. The molecule has 0 spiro atoms. The van der Waals surface area contributed by atoms with Gasteiger partial charge in [0, 0.05) is 5.56 Å². The lowest BCUT2D eigenvalue weighted by atomic mass is 10.0. The number of anilines is 1. The number of aromatic nitrogens is 2. The highest BCUT2D eigenvalue weighted by Gasteiger charge is 2.11. The van der Waals surface area contributed by atoms with Crippen LogP contribution in [0.15, 0.2) is 48.5 Å². The van der Waals surface area contributed by atoms with Crippen molar-refractivity contribution in [2.45, 2.75) is 0 Å². The second-order valence-corrected chi connectivity index (χ2v) is 4.82. The average Bonchev–Trinajstić information content (AvgIpc) is 2.96. The van der Waals surface area contributed by atoms with Gasteiger partial charge in [0.05, 0.1) is 18.4 Å². The maximum atomic E-state index is 11.1. The number of aldehydes is 1. The zero-order valence-corrected chi connectivity index (χ0v) is 12.0. The third kappa shape index (κ3) is 2.44. The Morgan fingerprint density at radius 1 is 1.00 bits per heavy atom. The quantitative estimate of drug-likeness (QED) is 0.724. The fourth-order valence-corrected chi connectivity index (χ4v) is 2.32. The van der Waals surface area contributed by atoms with E-state index in [4.69, 9.17) is 10.5 Å². The lowest BCUT2D eigenvalue weighted by molar-refractivity contribution is 0.112. The highest BCUT2D eigenvalue weighted by Crippen LogP contribution is 2.27. The highest BCUT2D eigenvalue weighted by molar-refractivity contribution is 5.91. The van der Waals surface area contributed by atoms with Crippen LogP contribution in [-0.4, -0.2) is 23.6 Å². The van der Waals surface area contributed by atoms with Gasteiger partial charge in [0.2, 0.25) is 0 Å². The number of hydrogen-bond donors (Lipinski definition) is 2. The molecular weight excluding hydrogens is 278 g/mol. The van der Waals surface area contributed by atoms with Gasteiger partial charge >= 0.3 is 0 Å². The first kappa shape index (κ1) is 13.9. The van der Waals surface area contributed by atoms with E-state index in [1.54, 1.807) is 7.11 Å². The van der Waals surface area contributed by atoms with E-state index in [1.165, 1.54) is 0 Å². The Morgan fingerprint density at radius 3 is 2.09 bits per heavy atom. The van der Waals surface area contributed by atoms with E-state index in [2.05, 4.69) is 10.2 Å². The number of carbonyl (C=O) groups excluding carboxylic acids is 1. The minimum atomic E-state index is 0.212. The first-order valence-electron chi connectivity index (χ1n) is 6.77. The van der Waals surface area contributed by atoms with E-state index < -0.39 is 0 Å². The lowest BCUT2D eigenvalue weighted by Crippen LogP contribution is -1.90. The lowest BCUT2D eigenvalue weighted by Gasteiger charge is -2.05. The van der Waals surface area contributed by atoms with Crippen molar-refractivity contribution in [2.75, 3.05) is 12.8 Å². The molecule has 1 heterocycles. The monoisotopic (exact) mass is 293 g/mol.